The number of unbranched alkanes of at least 4 members (excludes halogenated alkanes) is 2. The van der Waals surface area contributed by atoms with E-state index in [-0.39, 0.29) is 12.4 Å². The Balaban J connectivity index is -0.0000000491. The third-order valence-corrected chi connectivity index (χ3v) is 1.02. The Hall–Kier alpha value is 0.594. The SMILES string of the molecule is CCCCO.CCCCO.[Cl-].[O]=[V]. The van der Waals surface area contributed by atoms with Crippen LogP contribution in [0.2, 0.25) is 0 Å². The summed E-state index contributed by atoms with van der Waals surface area (Å²) in [5.74, 6) is 0. The van der Waals surface area contributed by atoms with E-state index >= 15 is 0 Å². The van der Waals surface area contributed by atoms with Gasteiger partial charge < -0.3 is 22.6 Å². The van der Waals surface area contributed by atoms with Crippen molar-refractivity contribution < 1.29 is 43.7 Å². The van der Waals surface area contributed by atoms with Crippen LogP contribution in [0, 0.1) is 0 Å². The molecule has 0 aromatic heterocycles. The molecule has 0 unspecified atom stereocenters. The molecule has 0 bridgehead atoms. The zero-order chi connectivity index (χ0) is 10.2. The first-order valence-corrected chi connectivity index (χ1v) is 4.80. The maximum atomic E-state index is 8.19. The topological polar surface area (TPSA) is 57.5 Å². The molecule has 0 aliphatic heterocycles. The molecule has 0 saturated carbocycles. The minimum atomic E-state index is 0. The molecular formula is C8H20ClO3V-. The van der Waals surface area contributed by atoms with E-state index in [4.69, 9.17) is 13.9 Å². The normalized spacial score (nSPS) is 6.69. The summed E-state index contributed by atoms with van der Waals surface area (Å²) in [6.45, 7) is 4.79. The van der Waals surface area contributed by atoms with Crippen molar-refractivity contribution in [3.8, 4) is 0 Å². The Kier molecular flexibility index (Phi) is 70.2. The Morgan fingerprint density at radius 2 is 1.15 bits per heavy atom. The molecule has 0 rings (SSSR count). The summed E-state index contributed by atoms with van der Waals surface area (Å²) in [5.41, 5.74) is 0. The molecule has 2 N–H and O–H groups in total. The van der Waals surface area contributed by atoms with Crippen LogP contribution >= 0.6 is 0 Å². The number of aliphatic hydroxyl groups is 2. The van der Waals surface area contributed by atoms with Crippen LogP contribution in [-0.4, -0.2) is 23.4 Å². The molecule has 3 nitrogen and oxygen atoms in total. The van der Waals surface area contributed by atoms with Crippen LogP contribution in [0.3, 0.4) is 0 Å². The van der Waals surface area contributed by atoms with E-state index in [2.05, 4.69) is 13.8 Å². The first kappa shape index (κ1) is 23.4. The molecule has 0 radical (unpaired) electrons. The fourth-order valence-corrected chi connectivity index (χ4v) is 0.316. The van der Waals surface area contributed by atoms with Crippen molar-refractivity contribution >= 4 is 0 Å². The molecule has 0 atom stereocenters. The molecule has 83 valence electrons. The second-order valence-corrected chi connectivity index (χ2v) is 2.15. The molecule has 0 aromatic carbocycles. The fraction of sp³-hybridized carbons (Fsp3) is 1.00. The molecule has 5 heteroatoms. The van der Waals surface area contributed by atoms with Gasteiger partial charge in [0, 0.05) is 13.2 Å². The van der Waals surface area contributed by atoms with E-state index < -0.39 is 0 Å². The van der Waals surface area contributed by atoms with Crippen LogP contribution < -0.4 is 12.4 Å². The van der Waals surface area contributed by atoms with Crippen LogP contribution in [0.25, 0.3) is 0 Å². The van der Waals surface area contributed by atoms with Crippen molar-refractivity contribution in [3.05, 3.63) is 0 Å². The van der Waals surface area contributed by atoms with E-state index in [1.165, 1.54) is 0 Å². The zero-order valence-electron chi connectivity index (χ0n) is 8.37. The summed E-state index contributed by atoms with van der Waals surface area (Å²) in [4.78, 5) is 0. The second kappa shape index (κ2) is 38.9. The zero-order valence-corrected chi connectivity index (χ0v) is 10.5. The Labute approximate surface area is 96.5 Å². The van der Waals surface area contributed by atoms with Crippen molar-refractivity contribution in [1.29, 1.82) is 0 Å². The summed E-state index contributed by atoms with van der Waals surface area (Å²) in [6.07, 6.45) is 4.08. The van der Waals surface area contributed by atoms with E-state index in [0.717, 1.165) is 43.1 Å². The third kappa shape index (κ3) is 67.0. The summed E-state index contributed by atoms with van der Waals surface area (Å²) in [6, 6.07) is 0. The van der Waals surface area contributed by atoms with Crippen molar-refractivity contribution in [3.63, 3.8) is 0 Å². The molecule has 0 fully saturated rings. The Bertz CT molecular complexity index is 48.7. The first-order valence-electron chi connectivity index (χ1n) is 4.23. The summed E-state index contributed by atoms with van der Waals surface area (Å²) in [7, 11) is 0. The van der Waals surface area contributed by atoms with Gasteiger partial charge in [0.15, 0.2) is 0 Å². The van der Waals surface area contributed by atoms with Crippen LogP contribution in [0.4, 0.5) is 0 Å². The summed E-state index contributed by atoms with van der Waals surface area (Å²) >= 11 is 1.06. The van der Waals surface area contributed by atoms with Gasteiger partial charge in [0.2, 0.25) is 0 Å². The number of rotatable bonds is 4. The van der Waals surface area contributed by atoms with E-state index in [1.807, 2.05) is 0 Å². The minimum absolute atomic E-state index is 0. The van der Waals surface area contributed by atoms with E-state index in [9.17, 15) is 0 Å². The molecule has 0 aliphatic rings. The van der Waals surface area contributed by atoms with Crippen molar-refractivity contribution in [2.75, 3.05) is 13.2 Å². The van der Waals surface area contributed by atoms with Gasteiger partial charge in [0.05, 0.1) is 0 Å². The van der Waals surface area contributed by atoms with Gasteiger partial charge in [-0.25, -0.2) is 0 Å². The van der Waals surface area contributed by atoms with Gasteiger partial charge in [-0.15, -0.1) is 0 Å². The Morgan fingerprint density at radius 3 is 1.15 bits per heavy atom. The molecule has 0 heterocycles. The molecule has 0 amide bonds. The average molecular weight is 251 g/mol. The molecule has 0 spiro atoms. The van der Waals surface area contributed by atoms with Crippen molar-refractivity contribution in [1.82, 2.24) is 0 Å². The first-order chi connectivity index (χ1) is 5.83. The van der Waals surface area contributed by atoms with Gasteiger partial charge in [-0.2, -0.15) is 0 Å². The van der Waals surface area contributed by atoms with Crippen molar-refractivity contribution in [2.24, 2.45) is 0 Å². The van der Waals surface area contributed by atoms with Crippen LogP contribution in [-0.2, 0) is 21.0 Å². The quantitative estimate of drug-likeness (QED) is 0.635. The monoisotopic (exact) mass is 250 g/mol. The standard InChI is InChI=1S/2C4H10O.ClH.O.V/c2*1-2-3-4-5;;;/h2*5H,2-4H2,1H3;1H;;/p-1. The van der Waals surface area contributed by atoms with Gasteiger partial charge in [0.1, 0.15) is 0 Å². The van der Waals surface area contributed by atoms with Gasteiger partial charge in [-0.05, 0) is 12.8 Å². The van der Waals surface area contributed by atoms with Gasteiger partial charge in [-0.3, -0.25) is 0 Å². The van der Waals surface area contributed by atoms with Crippen LogP contribution in [0.1, 0.15) is 39.5 Å². The fourth-order valence-electron chi connectivity index (χ4n) is 0.316. The number of halogens is 1. The van der Waals surface area contributed by atoms with Gasteiger partial charge in [0.25, 0.3) is 0 Å². The molecular weight excluding hydrogens is 230 g/mol. The number of hydrogen-bond acceptors (Lipinski definition) is 3. The molecule has 13 heavy (non-hydrogen) atoms. The summed E-state index contributed by atoms with van der Waals surface area (Å²) in [5, 5.41) is 16.1. The average Bonchev–Trinajstić information content (AvgIpc) is 2.12. The summed E-state index contributed by atoms with van der Waals surface area (Å²) < 4.78 is 8.19. The third-order valence-electron chi connectivity index (χ3n) is 1.02. The predicted molar refractivity (Wildman–Crippen MR) is 44.7 cm³/mol. The molecule has 0 aromatic rings. The molecule has 0 aliphatic carbocycles. The van der Waals surface area contributed by atoms with E-state index in [0.29, 0.717) is 13.2 Å². The van der Waals surface area contributed by atoms with Gasteiger partial charge in [-0.1, -0.05) is 26.7 Å². The van der Waals surface area contributed by atoms with E-state index in [1.54, 1.807) is 0 Å². The number of hydrogen-bond donors (Lipinski definition) is 2. The predicted octanol–water partition coefficient (Wildman–Crippen LogP) is -1.56. The van der Waals surface area contributed by atoms with Crippen molar-refractivity contribution in [2.45, 2.75) is 39.5 Å². The maximum absolute atomic E-state index is 8.19. The van der Waals surface area contributed by atoms with Crippen LogP contribution in [0.15, 0.2) is 0 Å². The number of aliphatic hydroxyl groups excluding tert-OH is 2. The Morgan fingerprint density at radius 1 is 0.923 bits per heavy atom. The second-order valence-electron chi connectivity index (χ2n) is 2.15. The van der Waals surface area contributed by atoms with Gasteiger partial charge >= 0.3 is 21.0 Å². The molecule has 0 saturated heterocycles. The van der Waals surface area contributed by atoms with Crippen LogP contribution in [0.5, 0.6) is 0 Å².